The summed E-state index contributed by atoms with van der Waals surface area (Å²) in [6.45, 7) is 1.36. The van der Waals surface area contributed by atoms with E-state index in [1.54, 1.807) is 30.0 Å². The van der Waals surface area contributed by atoms with Crippen molar-refractivity contribution in [2.45, 2.75) is 69.4 Å². The number of hydrogen-bond acceptors (Lipinski definition) is 8. The Bertz CT molecular complexity index is 1760. The lowest BCUT2D eigenvalue weighted by molar-refractivity contribution is -0.113. The Morgan fingerprint density at radius 3 is 2.57 bits per heavy atom. The molecule has 1 aliphatic heterocycles. The Labute approximate surface area is 263 Å². The van der Waals surface area contributed by atoms with Gasteiger partial charge in [0.25, 0.3) is 17.4 Å². The number of aliphatic hydroxyl groups is 1. The first-order valence-electron chi connectivity index (χ1n) is 15.3. The lowest BCUT2D eigenvalue weighted by Gasteiger charge is -2.39. The largest absolute Gasteiger partial charge is 0.380 e. The number of rotatable bonds is 12. The second-order valence-electron chi connectivity index (χ2n) is 12.4. The minimum absolute atomic E-state index is 0.0105. The molecule has 3 aliphatic rings. The summed E-state index contributed by atoms with van der Waals surface area (Å²) in [5.41, 5.74) is 0.885. The third-order valence-corrected chi connectivity index (χ3v) is 8.52. The first-order valence-corrected chi connectivity index (χ1v) is 15.3. The maximum atomic E-state index is 15.7. The van der Waals surface area contributed by atoms with Crippen molar-refractivity contribution in [2.75, 3.05) is 32.1 Å². The SMILES string of the molecule is CO[C@@H](C)CNCc1cc(C(O)Nc2cc(-c3c(F)cc(C#N)cc3C(=O)N3CC(F)(F)C3)cc(C3CC3)n2)c(=O)n(C2CC2)c1. The number of methoxy groups -OCH3 is 1. The van der Waals surface area contributed by atoms with Gasteiger partial charge >= 0.3 is 0 Å². The number of nitrogens with zero attached hydrogens (tertiary/aromatic N) is 4. The molecular formula is C33H35F3N6O4. The molecule has 1 saturated heterocycles. The molecule has 3 aromatic rings. The van der Waals surface area contributed by atoms with Crippen LogP contribution in [-0.4, -0.2) is 64.2 Å². The fraction of sp³-hybridized carbons (Fsp3) is 0.455. The minimum atomic E-state index is -3.03. The number of pyridine rings is 2. The minimum Gasteiger partial charge on any atom is -0.380 e. The number of nitrogens with one attached hydrogen (secondary N) is 2. The lowest BCUT2D eigenvalue weighted by Crippen LogP contribution is -2.58. The number of halogens is 3. The Kier molecular flexibility index (Phi) is 8.62. The Morgan fingerprint density at radius 2 is 1.93 bits per heavy atom. The van der Waals surface area contributed by atoms with Gasteiger partial charge in [0.1, 0.15) is 11.6 Å². The summed E-state index contributed by atoms with van der Waals surface area (Å²) in [5, 5.41) is 27.0. The first-order chi connectivity index (χ1) is 22.0. The Balaban J connectivity index is 1.34. The van der Waals surface area contributed by atoms with Crippen LogP contribution in [0.2, 0.25) is 0 Å². The molecule has 2 atom stereocenters. The fourth-order valence-electron chi connectivity index (χ4n) is 5.64. The molecule has 3 N–H and O–H groups in total. The number of ether oxygens (including phenoxy) is 1. The van der Waals surface area contributed by atoms with E-state index >= 15 is 4.39 Å². The van der Waals surface area contributed by atoms with Gasteiger partial charge in [0.2, 0.25) is 0 Å². The molecule has 0 bridgehead atoms. The van der Waals surface area contributed by atoms with Crippen LogP contribution in [-0.2, 0) is 11.3 Å². The molecule has 2 saturated carbocycles. The van der Waals surface area contributed by atoms with Crippen molar-refractivity contribution in [3.63, 3.8) is 0 Å². The van der Waals surface area contributed by atoms with Gasteiger partial charge in [-0.2, -0.15) is 5.26 Å². The number of benzene rings is 1. The van der Waals surface area contributed by atoms with Crippen LogP contribution in [0.1, 0.15) is 83.5 Å². The number of likely N-dealkylation sites (tertiary alicyclic amines) is 1. The summed E-state index contributed by atoms with van der Waals surface area (Å²) in [6, 6.07) is 8.77. The average molecular weight is 637 g/mol. The quantitative estimate of drug-likeness (QED) is 0.249. The van der Waals surface area contributed by atoms with E-state index in [1.807, 2.05) is 13.0 Å². The summed E-state index contributed by atoms with van der Waals surface area (Å²) in [4.78, 5) is 32.3. The highest BCUT2D eigenvalue weighted by molar-refractivity contribution is 6.02. The number of carbonyl (C=O) groups is 1. The normalized spacial score (nSPS) is 18.4. The molecule has 1 unspecified atom stereocenters. The molecule has 3 fully saturated rings. The maximum Gasteiger partial charge on any atom is 0.282 e. The van der Waals surface area contributed by atoms with E-state index in [0.29, 0.717) is 18.8 Å². The van der Waals surface area contributed by atoms with E-state index in [2.05, 4.69) is 15.6 Å². The molecule has 242 valence electrons. The zero-order valence-electron chi connectivity index (χ0n) is 25.5. The van der Waals surface area contributed by atoms with Crippen LogP contribution in [0.3, 0.4) is 0 Å². The van der Waals surface area contributed by atoms with Gasteiger partial charge in [0.05, 0.1) is 42.0 Å². The number of anilines is 1. The summed E-state index contributed by atoms with van der Waals surface area (Å²) >= 11 is 0. The van der Waals surface area contributed by atoms with Gasteiger partial charge in [0, 0.05) is 49.6 Å². The molecule has 2 aromatic heterocycles. The van der Waals surface area contributed by atoms with E-state index in [-0.39, 0.29) is 57.3 Å². The number of aliphatic hydroxyl groups excluding tert-OH is 1. The van der Waals surface area contributed by atoms with Crippen molar-refractivity contribution >= 4 is 11.7 Å². The molecule has 3 heterocycles. The summed E-state index contributed by atoms with van der Waals surface area (Å²) in [6.07, 6.45) is 3.72. The highest BCUT2D eigenvalue weighted by atomic mass is 19.3. The van der Waals surface area contributed by atoms with Crippen LogP contribution in [0.5, 0.6) is 0 Å². The van der Waals surface area contributed by atoms with Crippen molar-refractivity contribution in [3.8, 4) is 17.2 Å². The van der Waals surface area contributed by atoms with E-state index in [4.69, 9.17) is 4.74 Å². The summed E-state index contributed by atoms with van der Waals surface area (Å²) in [5.74, 6) is -4.51. The smallest absolute Gasteiger partial charge is 0.282 e. The number of hydrogen-bond donors (Lipinski definition) is 3. The Morgan fingerprint density at radius 1 is 1.20 bits per heavy atom. The van der Waals surface area contributed by atoms with Gasteiger partial charge in [-0.25, -0.2) is 18.2 Å². The second-order valence-corrected chi connectivity index (χ2v) is 12.4. The van der Waals surface area contributed by atoms with Crippen LogP contribution >= 0.6 is 0 Å². The molecule has 0 spiro atoms. The predicted molar refractivity (Wildman–Crippen MR) is 163 cm³/mol. The highest BCUT2D eigenvalue weighted by Gasteiger charge is 2.47. The summed E-state index contributed by atoms with van der Waals surface area (Å²) < 4.78 is 49.8. The van der Waals surface area contributed by atoms with Crippen molar-refractivity contribution in [2.24, 2.45) is 0 Å². The van der Waals surface area contributed by atoms with E-state index in [9.17, 15) is 28.7 Å². The molecule has 1 amide bonds. The Hall–Kier alpha value is -4.25. The van der Waals surface area contributed by atoms with Crippen molar-refractivity contribution < 1.29 is 27.8 Å². The monoisotopic (exact) mass is 636 g/mol. The van der Waals surface area contributed by atoms with Gasteiger partial charge in [-0.05, 0) is 74.1 Å². The lowest BCUT2D eigenvalue weighted by atomic mass is 9.94. The van der Waals surface area contributed by atoms with Crippen molar-refractivity contribution in [1.82, 2.24) is 19.8 Å². The first kappa shape index (κ1) is 31.7. The summed E-state index contributed by atoms with van der Waals surface area (Å²) in [7, 11) is 1.62. The standard InChI is InChI=1S/C33H35F3N6O4/c1-18(46-2)13-38-14-20-8-25(32(45)42(15-20)23-5-6-23)30(43)40-28-11-22(10-27(39-28)21-3-4-21)29-24(7-19(12-37)9-26(29)34)31(44)41-16-33(35,36)17-41/h7-11,15,18,21,23,30,38,43H,3-6,13-14,16-17H2,1-2H3,(H,39,40)/t18-,30?/m0/s1. The topological polar surface area (TPSA) is 133 Å². The number of aromatic nitrogens is 2. The molecule has 1 aromatic carbocycles. The van der Waals surface area contributed by atoms with E-state index in [1.165, 1.54) is 12.1 Å². The molecule has 6 rings (SSSR count). The van der Waals surface area contributed by atoms with Crippen molar-refractivity contribution in [1.29, 1.82) is 5.26 Å². The molecule has 10 nitrogen and oxygen atoms in total. The molecule has 2 aliphatic carbocycles. The van der Waals surface area contributed by atoms with Gasteiger partial charge in [-0.15, -0.1) is 0 Å². The van der Waals surface area contributed by atoms with Gasteiger partial charge in [-0.3, -0.25) is 9.59 Å². The molecular weight excluding hydrogens is 601 g/mol. The highest BCUT2D eigenvalue weighted by Crippen LogP contribution is 2.42. The zero-order chi connectivity index (χ0) is 32.7. The predicted octanol–water partition coefficient (Wildman–Crippen LogP) is 4.45. The second kappa shape index (κ2) is 12.5. The number of nitriles is 1. The van der Waals surface area contributed by atoms with E-state index < -0.39 is 37.0 Å². The molecule has 0 radical (unpaired) electrons. The van der Waals surface area contributed by atoms with Crippen LogP contribution in [0.15, 0.2) is 41.3 Å². The van der Waals surface area contributed by atoms with Crippen LogP contribution in [0, 0.1) is 17.1 Å². The van der Waals surface area contributed by atoms with Gasteiger partial charge in [0.15, 0.2) is 6.23 Å². The fourth-order valence-corrected chi connectivity index (χ4v) is 5.64. The molecule has 46 heavy (non-hydrogen) atoms. The number of alkyl halides is 2. The maximum absolute atomic E-state index is 15.7. The van der Waals surface area contributed by atoms with E-state index in [0.717, 1.165) is 42.2 Å². The third-order valence-electron chi connectivity index (χ3n) is 8.52. The zero-order valence-corrected chi connectivity index (χ0v) is 25.5. The van der Waals surface area contributed by atoms with Crippen molar-refractivity contribution in [3.05, 3.63) is 80.6 Å². The van der Waals surface area contributed by atoms with Gasteiger partial charge in [-0.1, -0.05) is 0 Å². The average Bonchev–Trinajstić information content (AvgIpc) is 3.93. The number of amides is 1. The molecule has 13 heteroatoms. The third kappa shape index (κ3) is 6.79. The van der Waals surface area contributed by atoms with Crippen LogP contribution in [0.25, 0.3) is 11.1 Å². The van der Waals surface area contributed by atoms with Crippen LogP contribution < -0.4 is 16.2 Å². The number of carbonyl (C=O) groups excluding carboxylic acids is 1. The van der Waals surface area contributed by atoms with Gasteiger partial charge < -0.3 is 29.9 Å². The van der Waals surface area contributed by atoms with Crippen LogP contribution in [0.4, 0.5) is 19.0 Å².